The SMILES string of the molecule is [CH2]=[Zr]([CH2]C)([C]1=C(C)C(C)=CC1C)([C]1=C(C)c2cc3c(cc2C1(C)C)Cc1cc2c(cc1-3)C(C)=CC2(C)C)[c]1ccccc1. The van der Waals surface area contributed by atoms with Crippen LogP contribution in [0.2, 0.25) is 4.13 Å². The fourth-order valence-corrected chi connectivity index (χ4v) is 30.2. The van der Waals surface area contributed by atoms with Crippen molar-refractivity contribution in [3.05, 3.63) is 118 Å². The summed E-state index contributed by atoms with van der Waals surface area (Å²) in [6.07, 6.45) is 5.99. The summed E-state index contributed by atoms with van der Waals surface area (Å²) in [7, 11) is 0. The van der Waals surface area contributed by atoms with Gasteiger partial charge in [-0.05, 0) is 0 Å². The van der Waals surface area contributed by atoms with Crippen LogP contribution >= 0.6 is 0 Å². The Hall–Kier alpha value is -2.63. The van der Waals surface area contributed by atoms with E-state index in [1.165, 1.54) is 70.1 Å². The molecule has 0 spiro atoms. The molecule has 4 aliphatic carbocycles. The van der Waals surface area contributed by atoms with Crippen LogP contribution in [0.1, 0.15) is 103 Å². The normalized spacial score (nSPS) is 21.5. The molecule has 0 heterocycles. The van der Waals surface area contributed by atoms with Crippen molar-refractivity contribution in [2.75, 3.05) is 0 Å². The molecule has 1 unspecified atom stereocenters. The number of allylic oxidation sites excluding steroid dienone is 8. The van der Waals surface area contributed by atoms with Crippen molar-refractivity contribution in [2.24, 2.45) is 5.92 Å². The third-order valence-electron chi connectivity index (χ3n) is 12.4. The van der Waals surface area contributed by atoms with Gasteiger partial charge in [-0.25, -0.2) is 0 Å². The zero-order valence-electron chi connectivity index (χ0n) is 28.0. The Morgan fingerprint density at radius 1 is 0.767 bits per heavy atom. The minimum absolute atomic E-state index is 0.0886. The van der Waals surface area contributed by atoms with Gasteiger partial charge in [0.15, 0.2) is 0 Å². The molecular weight excluding hydrogens is 596 g/mol. The average Bonchev–Trinajstić information content (AvgIpc) is 3.59. The van der Waals surface area contributed by atoms with Crippen LogP contribution < -0.4 is 3.27 Å². The summed E-state index contributed by atoms with van der Waals surface area (Å²) < 4.78 is 11.6. The third-order valence-corrected chi connectivity index (χ3v) is 31.1. The molecule has 0 amide bonds. The molecule has 1 heteroatoms. The molecular formula is C42H48Zr. The maximum absolute atomic E-state index is 5.65. The summed E-state index contributed by atoms with van der Waals surface area (Å²) in [6.45, 7) is 24.1. The molecule has 0 fully saturated rings. The van der Waals surface area contributed by atoms with E-state index in [2.05, 4.69) is 136 Å². The van der Waals surface area contributed by atoms with Gasteiger partial charge in [-0.15, -0.1) is 0 Å². The molecule has 0 saturated heterocycles. The van der Waals surface area contributed by atoms with Gasteiger partial charge < -0.3 is 0 Å². The first-order valence-electron chi connectivity index (χ1n) is 16.4. The fourth-order valence-electron chi connectivity index (χ4n) is 10.6. The molecule has 4 aliphatic rings. The molecule has 220 valence electrons. The van der Waals surface area contributed by atoms with Crippen LogP contribution in [0.4, 0.5) is 0 Å². The predicted octanol–water partition coefficient (Wildman–Crippen LogP) is 10.7. The van der Waals surface area contributed by atoms with E-state index in [4.69, 9.17) is 4.21 Å². The molecule has 0 aliphatic heterocycles. The zero-order chi connectivity index (χ0) is 30.9. The van der Waals surface area contributed by atoms with Gasteiger partial charge >= 0.3 is 262 Å². The van der Waals surface area contributed by atoms with Crippen LogP contribution in [-0.2, 0) is 35.5 Å². The Labute approximate surface area is 260 Å². The summed E-state index contributed by atoms with van der Waals surface area (Å²) >= 11 is -4.36. The standard InChI is InChI=1S/C25H25.C8H11.C6H5.C2H5.CH2.Zr/c1-14-12-24(3,4)22-8-16-7-17-9-23-19(15(2)13-25(23,5)6)11-21(17)20(16)10-18(14)22;1-6-4-7(2)8(3)5-6;1-2-4-6-5-3-1;1-2;;/h8-12H,7H2,1-6H3;4,6H,1-3H3;1-5H;1H2,2H3;1H2;. The summed E-state index contributed by atoms with van der Waals surface area (Å²) in [5.74, 6) is 0.419. The molecule has 0 nitrogen and oxygen atoms in total. The van der Waals surface area contributed by atoms with Crippen molar-refractivity contribution >= 4 is 18.6 Å². The van der Waals surface area contributed by atoms with Gasteiger partial charge in [0.2, 0.25) is 0 Å². The quantitative estimate of drug-likeness (QED) is 0.208. The predicted molar refractivity (Wildman–Crippen MR) is 186 cm³/mol. The molecule has 7 rings (SSSR count). The second-order valence-corrected chi connectivity index (χ2v) is 29.5. The number of hydrogen-bond donors (Lipinski definition) is 0. The van der Waals surface area contributed by atoms with E-state index in [1.54, 1.807) is 6.56 Å². The first-order valence-corrected chi connectivity index (χ1v) is 23.6. The third kappa shape index (κ3) is 3.56. The second-order valence-electron chi connectivity index (χ2n) is 15.5. The van der Waals surface area contributed by atoms with Crippen LogP contribution in [0.15, 0.2) is 84.5 Å². The Kier molecular flexibility index (Phi) is 6.07. The molecule has 0 N–H and O–H groups in total. The molecule has 0 bridgehead atoms. The van der Waals surface area contributed by atoms with E-state index < -0.39 is 18.3 Å². The monoisotopic (exact) mass is 642 g/mol. The molecule has 0 radical (unpaired) electrons. The number of rotatable bonds is 4. The van der Waals surface area contributed by atoms with E-state index in [0.717, 1.165) is 10.5 Å². The van der Waals surface area contributed by atoms with Crippen LogP contribution in [0.3, 0.4) is 0 Å². The fraction of sp³-hybridized carbons (Fsp3) is 0.357. The van der Waals surface area contributed by atoms with Crippen LogP contribution in [-0.4, -0.2) is 4.21 Å². The van der Waals surface area contributed by atoms with Gasteiger partial charge in [0, 0.05) is 0 Å². The number of fused-ring (bicyclic) bond motifs is 5. The van der Waals surface area contributed by atoms with Gasteiger partial charge in [-0.1, -0.05) is 0 Å². The molecule has 1 atom stereocenters. The van der Waals surface area contributed by atoms with E-state index >= 15 is 0 Å². The van der Waals surface area contributed by atoms with Gasteiger partial charge in [0.05, 0.1) is 0 Å². The van der Waals surface area contributed by atoms with E-state index in [1.807, 2.05) is 0 Å². The first kappa shape index (κ1) is 29.1. The van der Waals surface area contributed by atoms with E-state index in [-0.39, 0.29) is 10.8 Å². The summed E-state index contributed by atoms with van der Waals surface area (Å²) in [5.41, 5.74) is 17.7. The van der Waals surface area contributed by atoms with Gasteiger partial charge in [-0.2, -0.15) is 0 Å². The van der Waals surface area contributed by atoms with Crippen LogP contribution in [0.5, 0.6) is 0 Å². The molecule has 0 aromatic heterocycles. The zero-order valence-corrected chi connectivity index (χ0v) is 30.5. The Bertz CT molecular complexity index is 1960. The summed E-state index contributed by atoms with van der Waals surface area (Å²) in [5, 5.41) is 0. The van der Waals surface area contributed by atoms with Crippen molar-refractivity contribution in [3.63, 3.8) is 0 Å². The number of benzene rings is 3. The van der Waals surface area contributed by atoms with Crippen LogP contribution in [0, 0.1) is 5.92 Å². The van der Waals surface area contributed by atoms with Crippen LogP contribution in [0.25, 0.3) is 22.3 Å². The number of hydrogen-bond acceptors (Lipinski definition) is 0. The summed E-state index contributed by atoms with van der Waals surface area (Å²) in [4.78, 5) is 0. The van der Waals surface area contributed by atoms with Crippen molar-refractivity contribution in [3.8, 4) is 11.1 Å². The van der Waals surface area contributed by atoms with E-state index in [0.29, 0.717) is 5.92 Å². The van der Waals surface area contributed by atoms with Gasteiger partial charge in [-0.3, -0.25) is 0 Å². The molecule has 3 aromatic rings. The minimum atomic E-state index is -4.36. The van der Waals surface area contributed by atoms with Gasteiger partial charge in [0.25, 0.3) is 0 Å². The van der Waals surface area contributed by atoms with Crippen molar-refractivity contribution < 1.29 is 18.3 Å². The average molecular weight is 644 g/mol. The topological polar surface area (TPSA) is 0 Å². The second kappa shape index (κ2) is 8.97. The Morgan fingerprint density at radius 3 is 1.95 bits per heavy atom. The summed E-state index contributed by atoms with van der Waals surface area (Å²) in [6, 6.07) is 21.7. The Morgan fingerprint density at radius 2 is 1.37 bits per heavy atom. The maximum atomic E-state index is 5.65. The molecule has 43 heavy (non-hydrogen) atoms. The van der Waals surface area contributed by atoms with Crippen molar-refractivity contribution in [1.82, 2.24) is 0 Å². The Balaban J connectivity index is 1.51. The molecule has 0 saturated carbocycles. The van der Waals surface area contributed by atoms with Crippen molar-refractivity contribution in [1.29, 1.82) is 0 Å². The van der Waals surface area contributed by atoms with E-state index in [9.17, 15) is 0 Å². The van der Waals surface area contributed by atoms with Gasteiger partial charge in [0.1, 0.15) is 0 Å². The first-order chi connectivity index (χ1) is 20.1. The molecule has 3 aromatic carbocycles. The van der Waals surface area contributed by atoms with Crippen molar-refractivity contribution in [2.45, 2.75) is 90.6 Å².